The van der Waals surface area contributed by atoms with Gasteiger partial charge in [0.25, 0.3) is 0 Å². The lowest BCUT2D eigenvalue weighted by atomic mass is 9.73. The second-order valence-corrected chi connectivity index (χ2v) is 5.36. The number of ether oxygens (including phenoxy) is 1. The van der Waals surface area contributed by atoms with Crippen LogP contribution < -0.4 is 0 Å². The first-order valence-electron chi connectivity index (χ1n) is 6.90. The van der Waals surface area contributed by atoms with Crippen LogP contribution in [0.4, 0.5) is 0 Å². The summed E-state index contributed by atoms with van der Waals surface area (Å²) in [7, 11) is 0. The average Bonchev–Trinajstić information content (AvgIpc) is 2.47. The fourth-order valence-corrected chi connectivity index (χ4v) is 2.67. The molecule has 1 aromatic rings. The van der Waals surface area contributed by atoms with Crippen LogP contribution in [-0.4, -0.2) is 12.3 Å². The summed E-state index contributed by atoms with van der Waals surface area (Å²) in [5.74, 6) is -0.266. The van der Waals surface area contributed by atoms with E-state index in [4.69, 9.17) is 4.74 Å². The number of carbonyl (C=O) groups excluding carboxylic acids is 2. The molecule has 0 radical (unpaired) electrons. The van der Waals surface area contributed by atoms with Gasteiger partial charge in [0, 0.05) is 5.41 Å². The van der Waals surface area contributed by atoms with E-state index < -0.39 is 5.41 Å². The van der Waals surface area contributed by atoms with Gasteiger partial charge in [0.05, 0.1) is 6.42 Å². The van der Waals surface area contributed by atoms with Gasteiger partial charge in [-0.25, -0.2) is 0 Å². The van der Waals surface area contributed by atoms with E-state index in [9.17, 15) is 9.59 Å². The quantitative estimate of drug-likeness (QED) is 0.603. The zero-order valence-corrected chi connectivity index (χ0v) is 11.1. The molecule has 1 aliphatic rings. The van der Waals surface area contributed by atoms with E-state index in [0.29, 0.717) is 0 Å². The zero-order valence-electron chi connectivity index (χ0n) is 11.1. The van der Waals surface area contributed by atoms with Gasteiger partial charge in [0.2, 0.25) is 0 Å². The van der Waals surface area contributed by atoms with Crippen LogP contribution in [0.1, 0.15) is 44.1 Å². The predicted molar refractivity (Wildman–Crippen MR) is 72.4 cm³/mol. The molecule has 1 fully saturated rings. The van der Waals surface area contributed by atoms with Crippen molar-refractivity contribution in [1.82, 2.24) is 0 Å². The molecule has 19 heavy (non-hydrogen) atoms. The Labute approximate surface area is 114 Å². The maximum absolute atomic E-state index is 11.9. The van der Waals surface area contributed by atoms with Crippen LogP contribution in [0.25, 0.3) is 0 Å². The van der Waals surface area contributed by atoms with Crippen molar-refractivity contribution in [2.45, 2.75) is 45.1 Å². The highest BCUT2D eigenvalue weighted by Crippen LogP contribution is 2.37. The maximum atomic E-state index is 11.9. The standard InChI is InChI=1S/C16H20O3/c17-13-16(9-5-2-6-10-16)11-15(18)19-12-14-7-3-1-4-8-14/h1,3-4,7-8,13H,2,5-6,9-12H2. The third-order valence-electron chi connectivity index (χ3n) is 3.84. The van der Waals surface area contributed by atoms with Gasteiger partial charge in [-0.1, -0.05) is 49.6 Å². The molecular formula is C16H20O3. The molecule has 1 aromatic carbocycles. The molecule has 1 aliphatic carbocycles. The highest BCUT2D eigenvalue weighted by molar-refractivity contribution is 5.76. The first-order valence-corrected chi connectivity index (χ1v) is 6.90. The first-order chi connectivity index (χ1) is 9.24. The molecule has 0 amide bonds. The molecule has 102 valence electrons. The van der Waals surface area contributed by atoms with Gasteiger partial charge >= 0.3 is 5.97 Å². The van der Waals surface area contributed by atoms with Gasteiger partial charge in [0.1, 0.15) is 12.9 Å². The van der Waals surface area contributed by atoms with Gasteiger partial charge in [-0.2, -0.15) is 0 Å². The number of esters is 1. The number of benzene rings is 1. The van der Waals surface area contributed by atoms with Crippen molar-refractivity contribution in [3.05, 3.63) is 35.9 Å². The fraction of sp³-hybridized carbons (Fsp3) is 0.500. The highest BCUT2D eigenvalue weighted by atomic mass is 16.5. The van der Waals surface area contributed by atoms with Crippen LogP contribution in [0.3, 0.4) is 0 Å². The lowest BCUT2D eigenvalue weighted by Crippen LogP contribution is -2.29. The van der Waals surface area contributed by atoms with Gasteiger partial charge in [0.15, 0.2) is 0 Å². The summed E-state index contributed by atoms with van der Waals surface area (Å²) < 4.78 is 5.26. The van der Waals surface area contributed by atoms with Gasteiger partial charge in [-0.05, 0) is 18.4 Å². The van der Waals surface area contributed by atoms with E-state index in [-0.39, 0.29) is 19.0 Å². The Morgan fingerprint density at radius 2 is 1.84 bits per heavy atom. The summed E-state index contributed by atoms with van der Waals surface area (Å²) in [6, 6.07) is 9.59. The van der Waals surface area contributed by atoms with Crippen LogP contribution >= 0.6 is 0 Å². The largest absolute Gasteiger partial charge is 0.461 e. The fourth-order valence-electron chi connectivity index (χ4n) is 2.67. The molecule has 0 aliphatic heterocycles. The Morgan fingerprint density at radius 1 is 1.16 bits per heavy atom. The highest BCUT2D eigenvalue weighted by Gasteiger charge is 2.34. The van der Waals surface area contributed by atoms with Crippen LogP contribution in [0.5, 0.6) is 0 Å². The van der Waals surface area contributed by atoms with Gasteiger partial charge in [-0.3, -0.25) is 4.79 Å². The number of rotatable bonds is 5. The van der Waals surface area contributed by atoms with Crippen LogP contribution in [0, 0.1) is 5.41 Å². The molecule has 0 unspecified atom stereocenters. The zero-order chi connectivity index (χ0) is 13.6. The van der Waals surface area contributed by atoms with Gasteiger partial charge < -0.3 is 9.53 Å². The van der Waals surface area contributed by atoms with Crippen molar-refractivity contribution >= 4 is 12.3 Å². The summed E-state index contributed by atoms with van der Waals surface area (Å²) in [5.41, 5.74) is 0.506. The molecule has 0 bridgehead atoms. The normalized spacial score (nSPS) is 17.7. The van der Waals surface area contributed by atoms with Crippen LogP contribution in [0.15, 0.2) is 30.3 Å². The van der Waals surface area contributed by atoms with Crippen molar-refractivity contribution in [2.24, 2.45) is 5.41 Å². The topological polar surface area (TPSA) is 43.4 Å². The summed E-state index contributed by atoms with van der Waals surface area (Å²) in [4.78, 5) is 23.2. The molecule has 0 aromatic heterocycles. The number of aldehydes is 1. The van der Waals surface area contributed by atoms with Crippen LogP contribution in [0.2, 0.25) is 0 Å². The molecule has 3 nitrogen and oxygen atoms in total. The van der Waals surface area contributed by atoms with E-state index >= 15 is 0 Å². The molecule has 0 N–H and O–H groups in total. The smallest absolute Gasteiger partial charge is 0.307 e. The second-order valence-electron chi connectivity index (χ2n) is 5.36. The molecule has 0 saturated heterocycles. The molecule has 3 heteroatoms. The van der Waals surface area contributed by atoms with Gasteiger partial charge in [-0.15, -0.1) is 0 Å². The van der Waals surface area contributed by atoms with E-state index in [0.717, 1.165) is 44.0 Å². The SMILES string of the molecule is O=CC1(CC(=O)OCc2ccccc2)CCCCC1. The molecule has 0 spiro atoms. The second kappa shape index (κ2) is 6.50. The monoisotopic (exact) mass is 260 g/mol. The summed E-state index contributed by atoms with van der Waals surface area (Å²) in [6.45, 7) is 0.286. The third kappa shape index (κ3) is 3.91. The Morgan fingerprint density at radius 3 is 2.47 bits per heavy atom. The lowest BCUT2D eigenvalue weighted by Gasteiger charge is -2.30. The molecular weight excluding hydrogens is 240 g/mol. The Hall–Kier alpha value is -1.64. The van der Waals surface area contributed by atoms with Crippen molar-refractivity contribution < 1.29 is 14.3 Å². The minimum atomic E-state index is -0.466. The molecule has 1 saturated carbocycles. The summed E-state index contributed by atoms with van der Waals surface area (Å²) >= 11 is 0. The van der Waals surface area contributed by atoms with Crippen molar-refractivity contribution in [1.29, 1.82) is 0 Å². The van der Waals surface area contributed by atoms with E-state index in [1.165, 1.54) is 0 Å². The molecule has 0 heterocycles. The van der Waals surface area contributed by atoms with Crippen LogP contribution in [-0.2, 0) is 20.9 Å². The Kier molecular flexibility index (Phi) is 4.72. The lowest BCUT2D eigenvalue weighted by molar-refractivity contribution is -0.150. The maximum Gasteiger partial charge on any atom is 0.307 e. The van der Waals surface area contributed by atoms with Crippen molar-refractivity contribution in [3.63, 3.8) is 0 Å². The first kappa shape index (κ1) is 13.8. The van der Waals surface area contributed by atoms with E-state index in [1.807, 2.05) is 30.3 Å². The average molecular weight is 260 g/mol. The minimum absolute atomic E-state index is 0.226. The Bertz CT molecular complexity index is 419. The van der Waals surface area contributed by atoms with E-state index in [2.05, 4.69) is 0 Å². The van der Waals surface area contributed by atoms with E-state index in [1.54, 1.807) is 0 Å². The van der Waals surface area contributed by atoms with Crippen molar-refractivity contribution in [2.75, 3.05) is 0 Å². The molecule has 0 atom stereocenters. The number of carbonyl (C=O) groups is 2. The minimum Gasteiger partial charge on any atom is -0.461 e. The predicted octanol–water partition coefficient (Wildman–Crippen LogP) is 3.27. The Balaban J connectivity index is 1.84. The summed E-state index contributed by atoms with van der Waals surface area (Å²) in [5, 5.41) is 0. The number of hydrogen-bond donors (Lipinski definition) is 0. The summed E-state index contributed by atoms with van der Waals surface area (Å²) in [6.07, 6.45) is 6.05. The third-order valence-corrected chi connectivity index (χ3v) is 3.84. The molecule has 2 rings (SSSR count). The van der Waals surface area contributed by atoms with Crippen molar-refractivity contribution in [3.8, 4) is 0 Å². The number of hydrogen-bond acceptors (Lipinski definition) is 3.